The van der Waals surface area contributed by atoms with E-state index in [9.17, 15) is 9.66 Å². The normalized spacial score (nSPS) is 20.8. The van der Waals surface area contributed by atoms with E-state index in [-0.39, 0.29) is 5.92 Å². The molecule has 8 nitrogen and oxygen atoms in total. The molecule has 2 aromatic heterocycles. The van der Waals surface area contributed by atoms with Gasteiger partial charge >= 0.3 is 0 Å². The Labute approximate surface area is 205 Å². The highest BCUT2D eigenvalue weighted by Crippen LogP contribution is 2.35. The van der Waals surface area contributed by atoms with Crippen LogP contribution in [0.4, 0.5) is 0 Å². The zero-order valence-corrected chi connectivity index (χ0v) is 19.9. The number of piperidine rings is 1. The molecule has 0 amide bonds. The van der Waals surface area contributed by atoms with E-state index in [1.165, 1.54) is 0 Å². The Bertz CT molecular complexity index is 1470. The smallest absolute Gasteiger partial charge is 0.181 e. The van der Waals surface area contributed by atoms with Gasteiger partial charge in [0.25, 0.3) is 0 Å². The second-order valence-corrected chi connectivity index (χ2v) is 10.2. The molecule has 0 aliphatic carbocycles. The molecular formula is C26H26N6O2S. The van der Waals surface area contributed by atoms with Gasteiger partial charge in [-0.05, 0) is 67.1 Å². The van der Waals surface area contributed by atoms with Gasteiger partial charge in [0.15, 0.2) is 10.5 Å². The number of benzene rings is 2. The van der Waals surface area contributed by atoms with Crippen molar-refractivity contribution in [1.82, 2.24) is 19.9 Å². The zero-order chi connectivity index (χ0) is 24.0. The molecule has 0 bridgehead atoms. The number of allylic oxidation sites excluding steroid dienone is 1. The van der Waals surface area contributed by atoms with E-state index in [1.807, 2.05) is 61.2 Å². The maximum absolute atomic E-state index is 12.0. The Morgan fingerprint density at radius 1 is 1.09 bits per heavy atom. The van der Waals surface area contributed by atoms with Gasteiger partial charge in [0.05, 0.1) is 23.3 Å². The number of hydrogen-bond donors (Lipinski definition) is 3. The van der Waals surface area contributed by atoms with Crippen LogP contribution in [-0.2, 0) is 11.4 Å². The number of aliphatic imine (C=N–C) groups is 1. The van der Waals surface area contributed by atoms with Crippen LogP contribution in [0, 0.1) is 0 Å². The lowest BCUT2D eigenvalue weighted by atomic mass is 9.86. The highest BCUT2D eigenvalue weighted by molar-refractivity contribution is 7.89. The van der Waals surface area contributed by atoms with Gasteiger partial charge in [-0.3, -0.25) is 4.99 Å². The SMILES string of the molecule is N[S+]([O-])c1ccc(-c2cnn3cc(C4C=NC(C5(O)CCNCC5)=CC4)cnc23)c2ccccc12. The second-order valence-electron chi connectivity index (χ2n) is 9.16. The van der Waals surface area contributed by atoms with Gasteiger partial charge < -0.3 is 15.0 Å². The second kappa shape index (κ2) is 8.85. The fraction of sp³-hybridized carbons (Fsp3) is 0.269. The number of aliphatic hydroxyl groups is 1. The Morgan fingerprint density at radius 2 is 1.89 bits per heavy atom. The summed E-state index contributed by atoms with van der Waals surface area (Å²) in [7, 11) is 0. The molecule has 0 radical (unpaired) electrons. The average Bonchev–Trinajstić information content (AvgIpc) is 3.31. The van der Waals surface area contributed by atoms with E-state index in [0.717, 1.165) is 58.3 Å². The van der Waals surface area contributed by atoms with Crippen molar-refractivity contribution >= 4 is 34.0 Å². The molecule has 0 spiro atoms. The van der Waals surface area contributed by atoms with Crippen molar-refractivity contribution < 1.29 is 9.66 Å². The first-order chi connectivity index (χ1) is 17.0. The minimum Gasteiger partial charge on any atom is -0.593 e. The van der Waals surface area contributed by atoms with E-state index >= 15 is 0 Å². The van der Waals surface area contributed by atoms with Crippen molar-refractivity contribution in [3.05, 3.63) is 72.3 Å². The van der Waals surface area contributed by atoms with Crippen LogP contribution in [0.25, 0.3) is 27.5 Å². The summed E-state index contributed by atoms with van der Waals surface area (Å²) in [5.74, 6) is 0.0771. The number of nitrogens with two attached hydrogens (primary N) is 1. The summed E-state index contributed by atoms with van der Waals surface area (Å²) in [6, 6.07) is 11.5. The molecule has 6 rings (SSSR count). The number of aromatic nitrogens is 3. The lowest BCUT2D eigenvalue weighted by Crippen LogP contribution is -2.43. The maximum atomic E-state index is 12.0. The summed E-state index contributed by atoms with van der Waals surface area (Å²) in [5, 5.41) is 26.3. The van der Waals surface area contributed by atoms with Gasteiger partial charge in [-0.15, -0.1) is 5.14 Å². The van der Waals surface area contributed by atoms with E-state index in [0.29, 0.717) is 17.7 Å². The third-order valence-corrected chi connectivity index (χ3v) is 7.85. The van der Waals surface area contributed by atoms with Gasteiger partial charge in [-0.1, -0.05) is 24.3 Å². The molecule has 35 heavy (non-hydrogen) atoms. The lowest BCUT2D eigenvalue weighted by molar-refractivity contribution is 0.0446. The number of fused-ring (bicyclic) bond motifs is 2. The van der Waals surface area contributed by atoms with Gasteiger partial charge in [0.2, 0.25) is 0 Å². The lowest BCUT2D eigenvalue weighted by Gasteiger charge is -2.34. The quantitative estimate of drug-likeness (QED) is 0.381. The molecule has 2 aromatic carbocycles. The fourth-order valence-electron chi connectivity index (χ4n) is 5.10. The Balaban J connectivity index is 1.31. The average molecular weight is 487 g/mol. The number of nitrogens with zero attached hydrogens (tertiary/aromatic N) is 4. The van der Waals surface area contributed by atoms with Crippen molar-refractivity contribution in [3.63, 3.8) is 0 Å². The van der Waals surface area contributed by atoms with Gasteiger partial charge in [0.1, 0.15) is 5.60 Å². The molecule has 2 aliphatic heterocycles. The molecule has 2 aliphatic rings. The van der Waals surface area contributed by atoms with Crippen LogP contribution in [-0.4, -0.2) is 49.2 Å². The molecule has 4 aromatic rings. The number of rotatable bonds is 4. The van der Waals surface area contributed by atoms with Gasteiger partial charge in [-0.25, -0.2) is 9.50 Å². The van der Waals surface area contributed by atoms with Crippen LogP contribution in [0.5, 0.6) is 0 Å². The molecule has 4 N–H and O–H groups in total. The molecule has 4 heterocycles. The molecule has 2 atom stereocenters. The fourth-order valence-corrected chi connectivity index (χ4v) is 5.70. The van der Waals surface area contributed by atoms with E-state index in [4.69, 9.17) is 10.1 Å². The van der Waals surface area contributed by atoms with E-state index < -0.39 is 17.0 Å². The van der Waals surface area contributed by atoms with E-state index in [1.54, 1.807) is 4.52 Å². The summed E-state index contributed by atoms with van der Waals surface area (Å²) >= 11 is -1.57. The zero-order valence-electron chi connectivity index (χ0n) is 19.1. The van der Waals surface area contributed by atoms with Crippen molar-refractivity contribution in [2.24, 2.45) is 10.1 Å². The number of hydrogen-bond acceptors (Lipinski definition) is 7. The van der Waals surface area contributed by atoms with Crippen molar-refractivity contribution in [2.75, 3.05) is 13.1 Å². The van der Waals surface area contributed by atoms with Gasteiger partial charge in [0, 0.05) is 35.5 Å². The molecule has 1 fully saturated rings. The monoisotopic (exact) mass is 486 g/mol. The highest BCUT2D eigenvalue weighted by atomic mass is 32.2. The third kappa shape index (κ3) is 3.95. The molecule has 2 unspecified atom stereocenters. The minimum absolute atomic E-state index is 0.0771. The standard InChI is InChI=1S/C26H26N6O2S/c27-35(34)23-7-6-20(19-3-1-2-4-21(19)23)22-15-31-32-16-18(14-30-25(22)32)17-5-8-24(29-13-17)26(33)9-11-28-12-10-26/h1-4,6-8,13-17,28,33H,5,9-12,27H2. The maximum Gasteiger partial charge on any atom is 0.181 e. The van der Waals surface area contributed by atoms with Crippen LogP contribution in [0.1, 0.15) is 30.7 Å². The van der Waals surface area contributed by atoms with Crippen LogP contribution >= 0.6 is 0 Å². The van der Waals surface area contributed by atoms with E-state index in [2.05, 4.69) is 21.5 Å². The van der Waals surface area contributed by atoms with Crippen molar-refractivity contribution in [1.29, 1.82) is 0 Å². The number of nitrogens with one attached hydrogen (secondary N) is 1. The van der Waals surface area contributed by atoms with Crippen LogP contribution in [0.3, 0.4) is 0 Å². The Kier molecular flexibility index (Phi) is 5.66. The Hall–Kier alpha value is -3.08. The summed E-state index contributed by atoms with van der Waals surface area (Å²) in [6.07, 6.45) is 11.8. The Morgan fingerprint density at radius 3 is 2.63 bits per heavy atom. The molecule has 178 valence electrons. The van der Waals surface area contributed by atoms with Crippen LogP contribution in [0.2, 0.25) is 0 Å². The predicted octanol–water partition coefficient (Wildman–Crippen LogP) is 3.09. The molecule has 0 saturated carbocycles. The summed E-state index contributed by atoms with van der Waals surface area (Å²) < 4.78 is 13.8. The first kappa shape index (κ1) is 22.4. The summed E-state index contributed by atoms with van der Waals surface area (Å²) in [5.41, 5.74) is 3.57. The molecule has 9 heteroatoms. The topological polar surface area (TPSA) is 124 Å². The molecular weight excluding hydrogens is 460 g/mol. The first-order valence-corrected chi connectivity index (χ1v) is 12.9. The van der Waals surface area contributed by atoms with Gasteiger partial charge in [-0.2, -0.15) is 5.10 Å². The predicted molar refractivity (Wildman–Crippen MR) is 138 cm³/mol. The van der Waals surface area contributed by atoms with Crippen molar-refractivity contribution in [3.8, 4) is 11.1 Å². The van der Waals surface area contributed by atoms with Crippen LogP contribution in [0.15, 0.2) is 76.6 Å². The first-order valence-electron chi connectivity index (χ1n) is 11.7. The van der Waals surface area contributed by atoms with Crippen LogP contribution < -0.4 is 10.5 Å². The summed E-state index contributed by atoms with van der Waals surface area (Å²) in [4.78, 5) is 10.00. The minimum atomic E-state index is -1.57. The highest BCUT2D eigenvalue weighted by Gasteiger charge is 2.34. The van der Waals surface area contributed by atoms with Crippen molar-refractivity contribution in [2.45, 2.75) is 35.7 Å². The third-order valence-electron chi connectivity index (χ3n) is 7.06. The molecule has 1 saturated heterocycles. The summed E-state index contributed by atoms with van der Waals surface area (Å²) in [6.45, 7) is 1.61. The largest absolute Gasteiger partial charge is 0.593 e.